The van der Waals surface area contributed by atoms with Crippen LogP contribution in [0.1, 0.15) is 35.3 Å². The van der Waals surface area contributed by atoms with Crippen molar-refractivity contribution in [1.82, 2.24) is 15.1 Å². The Morgan fingerprint density at radius 2 is 2.41 bits per heavy atom. The van der Waals surface area contributed by atoms with Gasteiger partial charge in [0.05, 0.1) is 12.6 Å². The summed E-state index contributed by atoms with van der Waals surface area (Å²) in [5.74, 6) is 0.0993. The number of anilines is 1. The molecule has 1 aliphatic rings. The van der Waals surface area contributed by atoms with Gasteiger partial charge in [0.2, 0.25) is 0 Å². The number of piperidine rings is 1. The van der Waals surface area contributed by atoms with Gasteiger partial charge in [0, 0.05) is 12.2 Å². The first kappa shape index (κ1) is 11.9. The predicted molar refractivity (Wildman–Crippen MR) is 63.5 cm³/mol. The maximum Gasteiger partial charge on any atom is 0.259 e. The molecular formula is C11H18N4O2. The molecule has 1 saturated heterocycles. The van der Waals surface area contributed by atoms with Gasteiger partial charge in [-0.2, -0.15) is 5.10 Å². The minimum absolute atomic E-state index is 0.00252. The van der Waals surface area contributed by atoms with Crippen LogP contribution in [0.2, 0.25) is 0 Å². The molecule has 6 heteroatoms. The van der Waals surface area contributed by atoms with E-state index in [1.165, 1.54) is 0 Å². The number of H-pyrrole nitrogens is 1. The zero-order chi connectivity index (χ0) is 12.4. The molecule has 94 valence electrons. The van der Waals surface area contributed by atoms with Crippen molar-refractivity contribution >= 4 is 11.7 Å². The number of aryl methyl sites for hydroxylation is 1. The molecule has 4 N–H and O–H groups in total. The number of carbonyl (C=O) groups excluding carboxylic acids is 1. The SMILES string of the molecule is Cc1[nH]nc(N)c1C(=O)N1CCCCC1CO. The van der Waals surface area contributed by atoms with Gasteiger partial charge in [-0.3, -0.25) is 9.89 Å². The van der Waals surface area contributed by atoms with Crippen LogP contribution < -0.4 is 5.73 Å². The number of carbonyl (C=O) groups is 1. The van der Waals surface area contributed by atoms with Gasteiger partial charge in [-0.25, -0.2) is 0 Å². The smallest absolute Gasteiger partial charge is 0.259 e. The number of aromatic amines is 1. The number of aliphatic hydroxyl groups is 1. The largest absolute Gasteiger partial charge is 0.394 e. The molecule has 2 heterocycles. The normalized spacial score (nSPS) is 20.6. The van der Waals surface area contributed by atoms with E-state index in [9.17, 15) is 9.90 Å². The second kappa shape index (κ2) is 4.75. The fourth-order valence-corrected chi connectivity index (χ4v) is 2.32. The molecule has 1 aliphatic heterocycles. The fourth-order valence-electron chi connectivity index (χ4n) is 2.32. The van der Waals surface area contributed by atoms with Crippen molar-refractivity contribution in [3.8, 4) is 0 Å². The van der Waals surface area contributed by atoms with E-state index in [4.69, 9.17) is 5.73 Å². The maximum absolute atomic E-state index is 12.3. The van der Waals surface area contributed by atoms with E-state index in [0.29, 0.717) is 17.8 Å². The topological polar surface area (TPSA) is 95.2 Å². The quantitative estimate of drug-likeness (QED) is 0.690. The molecule has 1 aromatic heterocycles. The summed E-state index contributed by atoms with van der Waals surface area (Å²) < 4.78 is 0. The molecule has 1 aromatic rings. The minimum atomic E-state index is -0.132. The van der Waals surface area contributed by atoms with Crippen LogP contribution in [-0.4, -0.2) is 45.3 Å². The molecule has 1 unspecified atom stereocenters. The molecule has 1 amide bonds. The molecule has 17 heavy (non-hydrogen) atoms. The van der Waals surface area contributed by atoms with Crippen molar-refractivity contribution in [2.75, 3.05) is 18.9 Å². The highest BCUT2D eigenvalue weighted by Crippen LogP contribution is 2.22. The van der Waals surface area contributed by atoms with Crippen molar-refractivity contribution in [2.24, 2.45) is 0 Å². The Morgan fingerprint density at radius 1 is 1.65 bits per heavy atom. The Hall–Kier alpha value is -1.56. The lowest BCUT2D eigenvalue weighted by atomic mass is 10.0. The number of hydrogen-bond donors (Lipinski definition) is 3. The molecule has 0 spiro atoms. The van der Waals surface area contributed by atoms with Crippen molar-refractivity contribution < 1.29 is 9.90 Å². The Labute approximate surface area is 99.8 Å². The molecule has 0 bridgehead atoms. The van der Waals surface area contributed by atoms with Crippen LogP contribution in [0.5, 0.6) is 0 Å². The lowest BCUT2D eigenvalue weighted by Crippen LogP contribution is -2.45. The van der Waals surface area contributed by atoms with Crippen LogP contribution in [-0.2, 0) is 0 Å². The zero-order valence-electron chi connectivity index (χ0n) is 9.94. The number of likely N-dealkylation sites (tertiary alicyclic amines) is 1. The summed E-state index contributed by atoms with van der Waals surface area (Å²) >= 11 is 0. The van der Waals surface area contributed by atoms with Crippen LogP contribution in [0.4, 0.5) is 5.82 Å². The third kappa shape index (κ3) is 2.12. The average Bonchev–Trinajstić information content (AvgIpc) is 2.68. The highest BCUT2D eigenvalue weighted by Gasteiger charge is 2.29. The number of nitrogens with zero attached hydrogens (tertiary/aromatic N) is 2. The second-order valence-electron chi connectivity index (χ2n) is 4.44. The summed E-state index contributed by atoms with van der Waals surface area (Å²) in [4.78, 5) is 14.1. The standard InChI is InChI=1S/C11H18N4O2/c1-7-9(10(12)14-13-7)11(17)15-5-3-2-4-8(15)6-16/h8,16H,2-6H2,1H3,(H3,12,13,14). The van der Waals surface area contributed by atoms with Crippen molar-refractivity contribution in [1.29, 1.82) is 0 Å². The van der Waals surface area contributed by atoms with Gasteiger partial charge in [-0.05, 0) is 26.2 Å². The number of nitrogens with two attached hydrogens (primary N) is 1. The highest BCUT2D eigenvalue weighted by atomic mass is 16.3. The number of nitrogen functional groups attached to an aromatic ring is 1. The van der Waals surface area contributed by atoms with Crippen molar-refractivity contribution in [3.63, 3.8) is 0 Å². The van der Waals surface area contributed by atoms with Crippen LogP contribution >= 0.6 is 0 Å². The van der Waals surface area contributed by atoms with Gasteiger partial charge in [0.15, 0.2) is 5.82 Å². The zero-order valence-corrected chi connectivity index (χ0v) is 9.94. The number of amides is 1. The number of rotatable bonds is 2. The molecule has 2 rings (SSSR count). The van der Waals surface area contributed by atoms with Gasteiger partial charge >= 0.3 is 0 Å². The van der Waals surface area contributed by atoms with Gasteiger partial charge in [0.1, 0.15) is 5.56 Å². The van der Waals surface area contributed by atoms with E-state index in [0.717, 1.165) is 19.3 Å². The van der Waals surface area contributed by atoms with E-state index < -0.39 is 0 Å². The van der Waals surface area contributed by atoms with Crippen molar-refractivity contribution in [2.45, 2.75) is 32.2 Å². The maximum atomic E-state index is 12.3. The minimum Gasteiger partial charge on any atom is -0.394 e. The van der Waals surface area contributed by atoms with Crippen molar-refractivity contribution in [3.05, 3.63) is 11.3 Å². The first-order valence-corrected chi connectivity index (χ1v) is 5.87. The Balaban J connectivity index is 2.24. The lowest BCUT2D eigenvalue weighted by molar-refractivity contribution is 0.0503. The number of nitrogens with one attached hydrogen (secondary N) is 1. The Bertz CT molecular complexity index is 396. The molecule has 0 aliphatic carbocycles. The summed E-state index contributed by atoms with van der Waals surface area (Å²) in [7, 11) is 0. The summed E-state index contributed by atoms with van der Waals surface area (Å²) in [6.45, 7) is 2.45. The molecule has 6 nitrogen and oxygen atoms in total. The summed E-state index contributed by atoms with van der Waals surface area (Å²) in [6, 6.07) is -0.0926. The molecule has 0 saturated carbocycles. The van der Waals surface area contributed by atoms with Gasteiger partial charge in [-0.1, -0.05) is 0 Å². The lowest BCUT2D eigenvalue weighted by Gasteiger charge is -2.34. The summed E-state index contributed by atoms with van der Waals surface area (Å²) in [5, 5.41) is 15.8. The van der Waals surface area contributed by atoms with E-state index in [2.05, 4.69) is 10.2 Å². The van der Waals surface area contributed by atoms with Crippen LogP contribution in [0.25, 0.3) is 0 Å². The van der Waals surface area contributed by atoms with E-state index in [1.54, 1.807) is 11.8 Å². The Kier molecular flexibility index (Phi) is 3.33. The van der Waals surface area contributed by atoms with Crippen LogP contribution in [0.3, 0.4) is 0 Å². The molecule has 1 atom stereocenters. The fraction of sp³-hybridized carbons (Fsp3) is 0.636. The summed E-state index contributed by atoms with van der Waals surface area (Å²) in [5.41, 5.74) is 6.79. The summed E-state index contributed by atoms with van der Waals surface area (Å²) in [6.07, 6.45) is 2.87. The number of hydrogen-bond acceptors (Lipinski definition) is 4. The van der Waals surface area contributed by atoms with Crippen LogP contribution in [0, 0.1) is 6.92 Å². The van der Waals surface area contributed by atoms with Gasteiger partial charge in [0.25, 0.3) is 5.91 Å². The first-order chi connectivity index (χ1) is 8.15. The predicted octanol–water partition coefficient (Wildman–Crippen LogP) is 0.287. The highest BCUT2D eigenvalue weighted by molar-refractivity contribution is 5.99. The third-order valence-corrected chi connectivity index (χ3v) is 3.29. The molecular weight excluding hydrogens is 220 g/mol. The third-order valence-electron chi connectivity index (χ3n) is 3.29. The molecule has 0 aromatic carbocycles. The molecule has 0 radical (unpaired) electrons. The number of aromatic nitrogens is 2. The monoisotopic (exact) mass is 238 g/mol. The number of aliphatic hydroxyl groups excluding tert-OH is 1. The average molecular weight is 238 g/mol. The van der Waals surface area contributed by atoms with Gasteiger partial charge in [-0.15, -0.1) is 0 Å². The molecule has 1 fully saturated rings. The Morgan fingerprint density at radius 3 is 3.00 bits per heavy atom. The van der Waals surface area contributed by atoms with E-state index in [-0.39, 0.29) is 24.4 Å². The second-order valence-corrected chi connectivity index (χ2v) is 4.44. The van der Waals surface area contributed by atoms with Gasteiger partial charge < -0.3 is 15.7 Å². The first-order valence-electron chi connectivity index (χ1n) is 5.87. The van der Waals surface area contributed by atoms with E-state index >= 15 is 0 Å². The van der Waals surface area contributed by atoms with Crippen LogP contribution in [0.15, 0.2) is 0 Å². The van der Waals surface area contributed by atoms with E-state index in [1.807, 2.05) is 0 Å².